The van der Waals surface area contributed by atoms with Crippen molar-refractivity contribution < 1.29 is 19.5 Å². The molecule has 0 aliphatic carbocycles. The summed E-state index contributed by atoms with van der Waals surface area (Å²) in [5, 5.41) is 14.0. The van der Waals surface area contributed by atoms with Crippen molar-refractivity contribution in [2.24, 2.45) is 0 Å². The molecule has 1 aromatic carbocycles. The van der Waals surface area contributed by atoms with Gasteiger partial charge in [-0.1, -0.05) is 12.1 Å². The van der Waals surface area contributed by atoms with Gasteiger partial charge in [0.2, 0.25) is 11.8 Å². The fourth-order valence-electron chi connectivity index (χ4n) is 1.89. The zero-order valence-corrected chi connectivity index (χ0v) is 10.2. The Hall–Kier alpha value is -2.37. The van der Waals surface area contributed by atoms with Gasteiger partial charge >= 0.3 is 5.97 Å². The molecule has 1 atom stereocenters. The van der Waals surface area contributed by atoms with Gasteiger partial charge in [-0.3, -0.25) is 9.59 Å². The number of amides is 2. The maximum atomic E-state index is 11.7. The molecule has 1 saturated heterocycles. The van der Waals surface area contributed by atoms with Crippen LogP contribution in [0, 0.1) is 0 Å². The van der Waals surface area contributed by atoms with E-state index < -0.39 is 12.0 Å². The minimum atomic E-state index is -0.982. The van der Waals surface area contributed by atoms with Gasteiger partial charge in [0.25, 0.3) is 0 Å². The third kappa shape index (κ3) is 3.31. The smallest absolute Gasteiger partial charge is 0.335 e. The minimum absolute atomic E-state index is 0.106. The predicted molar refractivity (Wildman–Crippen MR) is 66.4 cm³/mol. The zero-order valence-electron chi connectivity index (χ0n) is 10.2. The van der Waals surface area contributed by atoms with Crippen LogP contribution in [0.5, 0.6) is 0 Å². The Morgan fingerprint density at radius 1 is 1.32 bits per heavy atom. The SMILES string of the molecule is O=C1CC[C@@H](C(=O)NCc2ccc(C(=O)O)cc2)N1. The molecule has 6 heteroatoms. The lowest BCUT2D eigenvalue weighted by Gasteiger charge is -2.10. The van der Waals surface area contributed by atoms with E-state index in [9.17, 15) is 14.4 Å². The lowest BCUT2D eigenvalue weighted by molar-refractivity contribution is -0.125. The summed E-state index contributed by atoms with van der Waals surface area (Å²) in [6.45, 7) is 0.311. The van der Waals surface area contributed by atoms with Gasteiger partial charge in [0.05, 0.1) is 5.56 Å². The van der Waals surface area contributed by atoms with Crippen molar-refractivity contribution in [3.63, 3.8) is 0 Å². The summed E-state index contributed by atoms with van der Waals surface area (Å²) in [4.78, 5) is 33.4. The van der Waals surface area contributed by atoms with Crippen LogP contribution in [0.4, 0.5) is 0 Å². The van der Waals surface area contributed by atoms with E-state index in [4.69, 9.17) is 5.11 Å². The molecule has 19 heavy (non-hydrogen) atoms. The predicted octanol–water partition coefficient (Wildman–Crippen LogP) is 0.280. The number of rotatable bonds is 4. The molecule has 2 rings (SSSR count). The van der Waals surface area contributed by atoms with Crippen molar-refractivity contribution in [2.45, 2.75) is 25.4 Å². The van der Waals surface area contributed by atoms with Crippen LogP contribution in [0.25, 0.3) is 0 Å². The van der Waals surface area contributed by atoms with E-state index in [0.29, 0.717) is 19.4 Å². The number of carboxylic acid groups (broad SMARTS) is 1. The van der Waals surface area contributed by atoms with Crippen LogP contribution in [-0.2, 0) is 16.1 Å². The van der Waals surface area contributed by atoms with Gasteiger partial charge in [-0.25, -0.2) is 4.79 Å². The Balaban J connectivity index is 1.86. The highest BCUT2D eigenvalue weighted by Gasteiger charge is 2.26. The Kier molecular flexibility index (Phi) is 3.79. The quantitative estimate of drug-likeness (QED) is 0.726. The number of carbonyl (C=O) groups excluding carboxylic acids is 2. The highest BCUT2D eigenvalue weighted by atomic mass is 16.4. The second-order valence-electron chi connectivity index (χ2n) is 4.38. The molecule has 0 saturated carbocycles. The van der Waals surface area contributed by atoms with Crippen LogP contribution in [0.1, 0.15) is 28.8 Å². The van der Waals surface area contributed by atoms with Crippen molar-refractivity contribution in [1.29, 1.82) is 0 Å². The summed E-state index contributed by atoms with van der Waals surface area (Å²) in [5.41, 5.74) is 1.01. The highest BCUT2D eigenvalue weighted by Crippen LogP contribution is 2.08. The van der Waals surface area contributed by atoms with Crippen LogP contribution in [0.15, 0.2) is 24.3 Å². The monoisotopic (exact) mass is 262 g/mol. The van der Waals surface area contributed by atoms with Gasteiger partial charge in [-0.2, -0.15) is 0 Å². The molecule has 1 fully saturated rings. The largest absolute Gasteiger partial charge is 0.478 e. The molecule has 0 spiro atoms. The van der Waals surface area contributed by atoms with Crippen molar-refractivity contribution >= 4 is 17.8 Å². The number of hydrogen-bond acceptors (Lipinski definition) is 3. The first kappa shape index (κ1) is 13.1. The molecule has 0 aromatic heterocycles. The molecule has 1 heterocycles. The Morgan fingerprint density at radius 3 is 2.53 bits per heavy atom. The standard InChI is InChI=1S/C13H14N2O4/c16-11-6-5-10(15-11)12(17)14-7-8-1-3-9(4-2-8)13(18)19/h1-4,10H,5-7H2,(H,14,17)(H,15,16)(H,18,19)/t10-/m0/s1. The van der Waals surface area contributed by atoms with Crippen molar-refractivity contribution in [1.82, 2.24) is 10.6 Å². The third-order valence-electron chi connectivity index (χ3n) is 2.98. The van der Waals surface area contributed by atoms with Gasteiger partial charge in [0, 0.05) is 13.0 Å². The van der Waals surface area contributed by atoms with Gasteiger partial charge in [0.15, 0.2) is 0 Å². The summed E-state index contributed by atoms with van der Waals surface area (Å²) < 4.78 is 0. The summed E-state index contributed by atoms with van der Waals surface area (Å²) in [5.74, 6) is -1.30. The number of nitrogens with one attached hydrogen (secondary N) is 2. The first-order valence-electron chi connectivity index (χ1n) is 5.95. The fourth-order valence-corrected chi connectivity index (χ4v) is 1.89. The highest BCUT2D eigenvalue weighted by molar-refractivity contribution is 5.90. The van der Waals surface area contributed by atoms with E-state index in [2.05, 4.69) is 10.6 Å². The van der Waals surface area contributed by atoms with E-state index in [0.717, 1.165) is 5.56 Å². The minimum Gasteiger partial charge on any atom is -0.478 e. The van der Waals surface area contributed by atoms with Gasteiger partial charge in [-0.15, -0.1) is 0 Å². The number of benzene rings is 1. The van der Waals surface area contributed by atoms with Crippen LogP contribution < -0.4 is 10.6 Å². The lowest BCUT2D eigenvalue weighted by Crippen LogP contribution is -2.41. The summed E-state index contributed by atoms with van der Waals surface area (Å²) in [6.07, 6.45) is 0.897. The Labute approximate surface area is 109 Å². The summed E-state index contributed by atoms with van der Waals surface area (Å²) in [7, 11) is 0. The molecule has 3 N–H and O–H groups in total. The van der Waals surface area contributed by atoms with Crippen molar-refractivity contribution in [3.8, 4) is 0 Å². The zero-order chi connectivity index (χ0) is 13.8. The molecule has 100 valence electrons. The number of carbonyl (C=O) groups is 3. The molecule has 1 aliphatic rings. The van der Waals surface area contributed by atoms with E-state index in [1.54, 1.807) is 12.1 Å². The lowest BCUT2D eigenvalue weighted by atomic mass is 10.1. The molecule has 1 aliphatic heterocycles. The maximum absolute atomic E-state index is 11.7. The maximum Gasteiger partial charge on any atom is 0.335 e. The van der Waals surface area contributed by atoms with Gasteiger partial charge in [-0.05, 0) is 24.1 Å². The topological polar surface area (TPSA) is 95.5 Å². The molecule has 1 aromatic rings. The van der Waals surface area contributed by atoms with E-state index in [-0.39, 0.29) is 17.4 Å². The number of aromatic carboxylic acids is 1. The van der Waals surface area contributed by atoms with Crippen LogP contribution in [0.3, 0.4) is 0 Å². The van der Waals surface area contributed by atoms with Gasteiger partial charge < -0.3 is 15.7 Å². The molecule has 2 amide bonds. The average molecular weight is 262 g/mol. The number of hydrogen-bond donors (Lipinski definition) is 3. The average Bonchev–Trinajstić information content (AvgIpc) is 2.83. The fraction of sp³-hybridized carbons (Fsp3) is 0.308. The first-order chi connectivity index (χ1) is 9.06. The second kappa shape index (κ2) is 5.51. The van der Waals surface area contributed by atoms with Gasteiger partial charge in [0.1, 0.15) is 6.04 Å². The normalized spacial score (nSPS) is 17.9. The molecule has 0 unspecified atom stereocenters. The van der Waals surface area contributed by atoms with Crippen LogP contribution in [0.2, 0.25) is 0 Å². The second-order valence-corrected chi connectivity index (χ2v) is 4.38. The Morgan fingerprint density at radius 2 is 2.00 bits per heavy atom. The van der Waals surface area contributed by atoms with Crippen molar-refractivity contribution in [2.75, 3.05) is 0 Å². The van der Waals surface area contributed by atoms with E-state index in [1.165, 1.54) is 12.1 Å². The molecule has 0 bridgehead atoms. The van der Waals surface area contributed by atoms with Crippen molar-refractivity contribution in [3.05, 3.63) is 35.4 Å². The van der Waals surface area contributed by atoms with E-state index in [1.807, 2.05) is 0 Å². The summed E-state index contributed by atoms with van der Waals surface area (Å²) >= 11 is 0. The molecule has 6 nitrogen and oxygen atoms in total. The van der Waals surface area contributed by atoms with Crippen LogP contribution in [-0.4, -0.2) is 28.9 Å². The van der Waals surface area contributed by atoms with E-state index >= 15 is 0 Å². The first-order valence-corrected chi connectivity index (χ1v) is 5.95. The number of carboxylic acids is 1. The summed E-state index contributed by atoms with van der Waals surface area (Å²) in [6, 6.07) is 5.82. The molecule has 0 radical (unpaired) electrons. The molecular weight excluding hydrogens is 248 g/mol. The molecular formula is C13H14N2O4. The third-order valence-corrected chi connectivity index (χ3v) is 2.98. The van der Waals surface area contributed by atoms with Crippen LogP contribution >= 0.6 is 0 Å². The Bertz CT molecular complexity index is 510.